The number of benzene rings is 1. The Morgan fingerprint density at radius 2 is 2.05 bits per heavy atom. The molecule has 1 aromatic carbocycles. The highest BCUT2D eigenvalue weighted by Gasteiger charge is 2.19. The number of nitrogens with zero attached hydrogens (tertiary/aromatic N) is 1. The van der Waals surface area contributed by atoms with Gasteiger partial charge in [-0.3, -0.25) is 4.79 Å². The summed E-state index contributed by atoms with van der Waals surface area (Å²) in [6.07, 6.45) is 5.63. The standard InChI is InChI=1S/C17H17ClN2O/c18-16-11-14(8-9-19-16)17(21)20-15-7-3-6-12-4-1-2-5-13(12)10-15/h1-2,4-5,8-9,11,15H,3,6-7,10H2,(H,20,21). The first-order chi connectivity index (χ1) is 10.2. The number of carbonyl (C=O) groups is 1. The van der Waals surface area contributed by atoms with Gasteiger partial charge in [-0.05, 0) is 48.9 Å². The summed E-state index contributed by atoms with van der Waals surface area (Å²) >= 11 is 5.83. The third kappa shape index (κ3) is 3.42. The summed E-state index contributed by atoms with van der Waals surface area (Å²) in [5, 5.41) is 3.46. The summed E-state index contributed by atoms with van der Waals surface area (Å²) in [4.78, 5) is 16.2. The van der Waals surface area contributed by atoms with E-state index in [1.54, 1.807) is 18.3 Å². The van der Waals surface area contributed by atoms with Crippen molar-refractivity contribution in [3.8, 4) is 0 Å². The zero-order valence-electron chi connectivity index (χ0n) is 11.7. The highest BCUT2D eigenvalue weighted by molar-refractivity contribution is 6.29. The summed E-state index contributed by atoms with van der Waals surface area (Å²) in [6, 6.07) is 11.9. The predicted octanol–water partition coefficient (Wildman–Crippen LogP) is 3.41. The fourth-order valence-electron chi connectivity index (χ4n) is 2.84. The first-order valence-corrected chi connectivity index (χ1v) is 7.59. The molecule has 1 amide bonds. The molecule has 1 aliphatic carbocycles. The molecule has 3 rings (SSSR count). The molecule has 1 atom stereocenters. The van der Waals surface area contributed by atoms with E-state index in [2.05, 4.69) is 34.6 Å². The lowest BCUT2D eigenvalue weighted by atomic mass is 10.0. The van der Waals surface area contributed by atoms with Gasteiger partial charge in [-0.1, -0.05) is 35.9 Å². The Kier molecular flexibility index (Phi) is 4.20. The van der Waals surface area contributed by atoms with Crippen LogP contribution in [0.2, 0.25) is 5.15 Å². The predicted molar refractivity (Wildman–Crippen MR) is 83.6 cm³/mol. The fraction of sp³-hybridized carbons (Fsp3) is 0.294. The van der Waals surface area contributed by atoms with Gasteiger partial charge in [0.25, 0.3) is 5.91 Å². The van der Waals surface area contributed by atoms with Gasteiger partial charge < -0.3 is 5.32 Å². The SMILES string of the molecule is O=C(NC1CCCc2ccccc2C1)c1ccnc(Cl)c1. The normalized spacial score (nSPS) is 17.7. The van der Waals surface area contributed by atoms with Crippen LogP contribution in [0, 0.1) is 0 Å². The van der Waals surface area contributed by atoms with Gasteiger partial charge in [0.05, 0.1) is 0 Å². The molecular weight excluding hydrogens is 284 g/mol. The van der Waals surface area contributed by atoms with Crippen molar-refractivity contribution in [1.82, 2.24) is 10.3 Å². The van der Waals surface area contributed by atoms with Gasteiger partial charge in [-0.2, -0.15) is 0 Å². The molecule has 4 heteroatoms. The second-order valence-corrected chi connectivity index (χ2v) is 5.79. The second kappa shape index (κ2) is 6.27. The van der Waals surface area contributed by atoms with Crippen LogP contribution in [0.4, 0.5) is 0 Å². The molecule has 1 aromatic heterocycles. The van der Waals surface area contributed by atoms with Crippen LogP contribution in [0.1, 0.15) is 34.3 Å². The van der Waals surface area contributed by atoms with Crippen LogP contribution in [-0.4, -0.2) is 16.9 Å². The third-order valence-electron chi connectivity index (χ3n) is 3.91. The van der Waals surface area contributed by atoms with E-state index < -0.39 is 0 Å². The van der Waals surface area contributed by atoms with Crippen molar-refractivity contribution in [2.45, 2.75) is 31.7 Å². The number of carbonyl (C=O) groups excluding carboxylic acids is 1. The van der Waals surface area contributed by atoms with E-state index in [1.165, 1.54) is 11.1 Å². The van der Waals surface area contributed by atoms with E-state index in [-0.39, 0.29) is 11.9 Å². The van der Waals surface area contributed by atoms with Crippen LogP contribution >= 0.6 is 11.6 Å². The van der Waals surface area contributed by atoms with Gasteiger partial charge in [0.1, 0.15) is 5.15 Å². The lowest BCUT2D eigenvalue weighted by molar-refractivity contribution is 0.0935. The van der Waals surface area contributed by atoms with Crippen LogP contribution in [-0.2, 0) is 12.8 Å². The lowest BCUT2D eigenvalue weighted by Gasteiger charge is -2.17. The minimum atomic E-state index is -0.0799. The van der Waals surface area contributed by atoms with Gasteiger partial charge in [0.2, 0.25) is 0 Å². The number of nitrogens with one attached hydrogen (secondary N) is 1. The van der Waals surface area contributed by atoms with Crippen LogP contribution in [0.5, 0.6) is 0 Å². The quantitative estimate of drug-likeness (QED) is 0.682. The van der Waals surface area contributed by atoms with Crippen LogP contribution in [0.25, 0.3) is 0 Å². The molecule has 0 spiro atoms. The number of aromatic nitrogens is 1. The monoisotopic (exact) mass is 300 g/mol. The molecule has 0 aliphatic heterocycles. The zero-order valence-corrected chi connectivity index (χ0v) is 12.4. The molecule has 0 radical (unpaired) electrons. The maximum absolute atomic E-state index is 12.3. The number of halogens is 1. The molecular formula is C17H17ClN2O. The van der Waals surface area contributed by atoms with Gasteiger partial charge in [0, 0.05) is 17.8 Å². The van der Waals surface area contributed by atoms with E-state index in [0.717, 1.165) is 25.7 Å². The molecule has 1 heterocycles. The largest absolute Gasteiger partial charge is 0.349 e. The van der Waals surface area contributed by atoms with Crippen molar-refractivity contribution in [3.63, 3.8) is 0 Å². The Morgan fingerprint density at radius 3 is 2.86 bits per heavy atom. The molecule has 3 nitrogen and oxygen atoms in total. The van der Waals surface area contributed by atoms with Gasteiger partial charge >= 0.3 is 0 Å². The van der Waals surface area contributed by atoms with Crippen LogP contribution in [0.15, 0.2) is 42.6 Å². The Bertz CT molecular complexity index is 657. The van der Waals surface area contributed by atoms with Crippen molar-refractivity contribution in [3.05, 3.63) is 64.4 Å². The Morgan fingerprint density at radius 1 is 1.24 bits per heavy atom. The minimum Gasteiger partial charge on any atom is -0.349 e. The summed E-state index contributed by atoms with van der Waals surface area (Å²) in [5.41, 5.74) is 3.31. The molecule has 2 aromatic rings. The molecule has 108 valence electrons. The Balaban J connectivity index is 1.72. The van der Waals surface area contributed by atoms with E-state index in [9.17, 15) is 4.79 Å². The molecule has 0 saturated carbocycles. The van der Waals surface area contributed by atoms with Crippen LogP contribution in [0.3, 0.4) is 0 Å². The number of aryl methyl sites for hydroxylation is 1. The first-order valence-electron chi connectivity index (χ1n) is 7.21. The molecule has 0 fully saturated rings. The number of amides is 1. The van der Waals surface area contributed by atoms with E-state index >= 15 is 0 Å². The van der Waals surface area contributed by atoms with Gasteiger partial charge in [-0.25, -0.2) is 4.98 Å². The molecule has 1 unspecified atom stereocenters. The fourth-order valence-corrected chi connectivity index (χ4v) is 3.02. The highest BCUT2D eigenvalue weighted by Crippen LogP contribution is 2.21. The van der Waals surface area contributed by atoms with Gasteiger partial charge in [0.15, 0.2) is 0 Å². The van der Waals surface area contributed by atoms with Crippen molar-refractivity contribution < 1.29 is 4.79 Å². The zero-order chi connectivity index (χ0) is 14.7. The smallest absolute Gasteiger partial charge is 0.251 e. The van der Waals surface area contributed by atoms with Crippen molar-refractivity contribution in [1.29, 1.82) is 0 Å². The molecule has 21 heavy (non-hydrogen) atoms. The Hall–Kier alpha value is -1.87. The molecule has 1 aliphatic rings. The highest BCUT2D eigenvalue weighted by atomic mass is 35.5. The topological polar surface area (TPSA) is 42.0 Å². The number of pyridine rings is 1. The first kappa shape index (κ1) is 14.1. The number of hydrogen-bond acceptors (Lipinski definition) is 2. The molecule has 0 bridgehead atoms. The minimum absolute atomic E-state index is 0.0799. The van der Waals surface area contributed by atoms with Crippen LogP contribution < -0.4 is 5.32 Å². The van der Waals surface area contributed by atoms with E-state index in [4.69, 9.17) is 11.6 Å². The molecule has 0 saturated heterocycles. The lowest BCUT2D eigenvalue weighted by Crippen LogP contribution is -2.36. The van der Waals surface area contributed by atoms with Gasteiger partial charge in [-0.15, -0.1) is 0 Å². The summed E-state index contributed by atoms with van der Waals surface area (Å²) in [7, 11) is 0. The summed E-state index contributed by atoms with van der Waals surface area (Å²) in [6.45, 7) is 0. The average molecular weight is 301 g/mol. The van der Waals surface area contributed by atoms with E-state index in [0.29, 0.717) is 10.7 Å². The maximum atomic E-state index is 12.3. The maximum Gasteiger partial charge on any atom is 0.251 e. The summed E-state index contributed by atoms with van der Waals surface area (Å²) in [5.74, 6) is -0.0799. The second-order valence-electron chi connectivity index (χ2n) is 5.40. The third-order valence-corrected chi connectivity index (χ3v) is 4.11. The number of rotatable bonds is 2. The Labute approximate surface area is 129 Å². The van der Waals surface area contributed by atoms with E-state index in [1.807, 2.05) is 0 Å². The van der Waals surface area contributed by atoms with Crippen molar-refractivity contribution in [2.24, 2.45) is 0 Å². The number of hydrogen-bond donors (Lipinski definition) is 1. The van der Waals surface area contributed by atoms with Crippen molar-refractivity contribution >= 4 is 17.5 Å². The molecule has 1 N–H and O–H groups in total. The van der Waals surface area contributed by atoms with Crippen molar-refractivity contribution in [2.75, 3.05) is 0 Å². The summed E-state index contributed by atoms with van der Waals surface area (Å²) < 4.78 is 0. The number of fused-ring (bicyclic) bond motifs is 1. The average Bonchev–Trinajstić information content (AvgIpc) is 2.68.